The Balaban J connectivity index is 1.42. The van der Waals surface area contributed by atoms with Crippen LogP contribution in [0.25, 0.3) is 0 Å². The van der Waals surface area contributed by atoms with Crippen molar-refractivity contribution in [1.82, 2.24) is 0 Å². The molecule has 148 valence electrons. The number of amides is 2. The monoisotopic (exact) mass is 399 g/mol. The third-order valence-corrected chi connectivity index (χ3v) is 4.46. The van der Waals surface area contributed by atoms with Gasteiger partial charge in [-0.05, 0) is 54.6 Å². The number of fused-ring (bicyclic) bond motifs is 1. The highest BCUT2D eigenvalue weighted by molar-refractivity contribution is 6.07. The largest absolute Gasteiger partial charge is 0.486 e. The number of anilines is 2. The quantitative estimate of drug-likeness (QED) is 0.694. The number of hydrogen-bond donors (Lipinski definition) is 2. The lowest BCUT2D eigenvalue weighted by atomic mass is 10.1. The molecule has 0 radical (unpaired) electrons. The van der Waals surface area contributed by atoms with E-state index in [0.717, 1.165) is 0 Å². The molecule has 2 N–H and O–H groups in total. The summed E-state index contributed by atoms with van der Waals surface area (Å²) in [5.74, 6) is 0.602. The molecule has 1 aliphatic rings. The van der Waals surface area contributed by atoms with Crippen LogP contribution in [0.15, 0.2) is 66.7 Å². The predicted molar refractivity (Wildman–Crippen MR) is 111 cm³/mol. The molecule has 0 unspecified atom stereocenters. The Bertz CT molecular complexity index is 1150. The number of ether oxygens (including phenoxy) is 2. The van der Waals surface area contributed by atoms with Crippen molar-refractivity contribution in [1.29, 1.82) is 5.26 Å². The van der Waals surface area contributed by atoms with Gasteiger partial charge in [-0.1, -0.05) is 6.07 Å². The first kappa shape index (κ1) is 19.0. The Kier molecular flexibility index (Phi) is 5.31. The van der Waals surface area contributed by atoms with Crippen LogP contribution in [0.4, 0.5) is 11.4 Å². The highest BCUT2D eigenvalue weighted by Crippen LogP contribution is 2.32. The van der Waals surface area contributed by atoms with Gasteiger partial charge in [0.2, 0.25) is 0 Å². The maximum atomic E-state index is 12.5. The molecule has 7 nitrogen and oxygen atoms in total. The number of hydrogen-bond acceptors (Lipinski definition) is 5. The van der Waals surface area contributed by atoms with Gasteiger partial charge in [0.15, 0.2) is 11.5 Å². The highest BCUT2D eigenvalue weighted by atomic mass is 16.6. The molecular weight excluding hydrogens is 382 g/mol. The van der Waals surface area contributed by atoms with Gasteiger partial charge in [-0.15, -0.1) is 0 Å². The molecule has 1 heterocycles. The normalized spacial score (nSPS) is 11.8. The number of nitrogens with one attached hydrogen (secondary N) is 2. The van der Waals surface area contributed by atoms with Gasteiger partial charge in [0, 0.05) is 28.6 Å². The van der Waals surface area contributed by atoms with Gasteiger partial charge >= 0.3 is 0 Å². The molecule has 0 bridgehead atoms. The van der Waals surface area contributed by atoms with E-state index >= 15 is 0 Å². The van der Waals surface area contributed by atoms with Crippen molar-refractivity contribution in [2.24, 2.45) is 0 Å². The Morgan fingerprint density at radius 1 is 0.767 bits per heavy atom. The van der Waals surface area contributed by atoms with Crippen LogP contribution in [0.1, 0.15) is 26.3 Å². The zero-order valence-corrected chi connectivity index (χ0v) is 15.8. The van der Waals surface area contributed by atoms with Crippen LogP contribution in [0.3, 0.4) is 0 Å². The summed E-state index contributed by atoms with van der Waals surface area (Å²) in [6.07, 6.45) is 0. The van der Waals surface area contributed by atoms with Crippen molar-refractivity contribution >= 4 is 23.2 Å². The van der Waals surface area contributed by atoms with Gasteiger partial charge in [-0.2, -0.15) is 5.26 Å². The first-order chi connectivity index (χ1) is 14.6. The second-order valence-corrected chi connectivity index (χ2v) is 6.54. The zero-order valence-electron chi connectivity index (χ0n) is 15.8. The van der Waals surface area contributed by atoms with Crippen LogP contribution < -0.4 is 20.1 Å². The average Bonchev–Trinajstić information content (AvgIpc) is 2.79. The topological polar surface area (TPSA) is 100 Å². The summed E-state index contributed by atoms with van der Waals surface area (Å²) in [5.41, 5.74) is 2.38. The molecule has 0 aromatic heterocycles. The molecule has 30 heavy (non-hydrogen) atoms. The molecule has 0 saturated heterocycles. The Hall–Kier alpha value is -4.31. The van der Waals surface area contributed by atoms with E-state index in [9.17, 15) is 9.59 Å². The summed E-state index contributed by atoms with van der Waals surface area (Å²) in [6, 6.07) is 20.2. The minimum atomic E-state index is -0.330. The molecule has 0 saturated carbocycles. The van der Waals surface area contributed by atoms with Crippen molar-refractivity contribution in [2.45, 2.75) is 0 Å². The van der Waals surface area contributed by atoms with Gasteiger partial charge in [-0.3, -0.25) is 9.59 Å². The van der Waals surface area contributed by atoms with Crippen LogP contribution in [0, 0.1) is 11.3 Å². The van der Waals surface area contributed by atoms with Crippen LogP contribution in [-0.2, 0) is 0 Å². The second-order valence-electron chi connectivity index (χ2n) is 6.54. The number of nitriles is 1. The minimum Gasteiger partial charge on any atom is -0.486 e. The van der Waals surface area contributed by atoms with Gasteiger partial charge in [0.25, 0.3) is 11.8 Å². The first-order valence-electron chi connectivity index (χ1n) is 9.25. The van der Waals surface area contributed by atoms with Crippen molar-refractivity contribution in [3.05, 3.63) is 83.4 Å². The van der Waals surface area contributed by atoms with E-state index in [2.05, 4.69) is 10.6 Å². The van der Waals surface area contributed by atoms with Crippen molar-refractivity contribution < 1.29 is 19.1 Å². The van der Waals surface area contributed by atoms with Crippen LogP contribution >= 0.6 is 0 Å². The van der Waals surface area contributed by atoms with E-state index in [1.807, 2.05) is 6.07 Å². The van der Waals surface area contributed by atoms with E-state index in [-0.39, 0.29) is 11.8 Å². The summed E-state index contributed by atoms with van der Waals surface area (Å²) >= 11 is 0. The lowest BCUT2D eigenvalue weighted by Gasteiger charge is -2.19. The third-order valence-electron chi connectivity index (χ3n) is 4.46. The number of benzene rings is 3. The molecule has 4 rings (SSSR count). The number of carbonyl (C=O) groups excluding carboxylic acids is 2. The molecule has 0 aliphatic carbocycles. The first-order valence-corrected chi connectivity index (χ1v) is 9.25. The molecule has 0 spiro atoms. The minimum absolute atomic E-state index is 0.305. The highest BCUT2D eigenvalue weighted by Gasteiger charge is 2.14. The van der Waals surface area contributed by atoms with Gasteiger partial charge in [-0.25, -0.2) is 0 Å². The summed E-state index contributed by atoms with van der Waals surface area (Å²) in [4.78, 5) is 24.9. The summed E-state index contributed by atoms with van der Waals surface area (Å²) in [5, 5.41) is 14.5. The fraction of sp³-hybridized carbons (Fsp3) is 0.0870. The number of rotatable bonds is 4. The molecule has 7 heteroatoms. The fourth-order valence-electron chi connectivity index (χ4n) is 2.97. The van der Waals surface area contributed by atoms with Crippen molar-refractivity contribution in [3.8, 4) is 17.6 Å². The maximum Gasteiger partial charge on any atom is 0.255 e. The van der Waals surface area contributed by atoms with E-state index < -0.39 is 0 Å². The molecule has 0 fully saturated rings. The molecule has 2 amide bonds. The Labute approximate surface area is 172 Å². The fourth-order valence-corrected chi connectivity index (χ4v) is 2.97. The summed E-state index contributed by atoms with van der Waals surface area (Å²) < 4.78 is 11.0. The second kappa shape index (κ2) is 8.37. The number of nitrogens with zero attached hydrogens (tertiary/aromatic N) is 1. The third kappa shape index (κ3) is 4.23. The van der Waals surface area contributed by atoms with Gasteiger partial charge < -0.3 is 20.1 Å². The van der Waals surface area contributed by atoms with E-state index in [4.69, 9.17) is 14.7 Å². The average molecular weight is 399 g/mol. The van der Waals surface area contributed by atoms with E-state index in [0.29, 0.717) is 52.8 Å². The lowest BCUT2D eigenvalue weighted by Crippen LogP contribution is -2.16. The van der Waals surface area contributed by atoms with Gasteiger partial charge in [0.05, 0.1) is 11.6 Å². The molecule has 1 aliphatic heterocycles. The molecule has 3 aromatic carbocycles. The smallest absolute Gasteiger partial charge is 0.255 e. The molecular formula is C23H17N3O4. The Morgan fingerprint density at radius 2 is 1.37 bits per heavy atom. The van der Waals surface area contributed by atoms with Crippen LogP contribution in [0.5, 0.6) is 11.5 Å². The Morgan fingerprint density at radius 3 is 2.00 bits per heavy atom. The van der Waals surface area contributed by atoms with Crippen LogP contribution in [-0.4, -0.2) is 25.0 Å². The standard InChI is InChI=1S/C23H17N3O4/c24-14-15-2-1-3-18(12-15)25-22(27)16-4-6-17(7-5-16)23(28)26-19-8-9-20-21(13-19)30-11-10-29-20/h1-9,12-13H,10-11H2,(H,25,27)(H,26,28). The molecule has 0 atom stereocenters. The van der Waals surface area contributed by atoms with Crippen molar-refractivity contribution in [2.75, 3.05) is 23.8 Å². The lowest BCUT2D eigenvalue weighted by molar-refractivity contribution is 0.101. The summed E-state index contributed by atoms with van der Waals surface area (Å²) in [7, 11) is 0. The number of carbonyl (C=O) groups is 2. The van der Waals surface area contributed by atoms with Crippen LogP contribution in [0.2, 0.25) is 0 Å². The predicted octanol–water partition coefficient (Wildman–Crippen LogP) is 3.83. The van der Waals surface area contributed by atoms with Crippen molar-refractivity contribution in [3.63, 3.8) is 0 Å². The SMILES string of the molecule is N#Cc1cccc(NC(=O)c2ccc(C(=O)Nc3ccc4c(c3)OCCO4)cc2)c1. The summed E-state index contributed by atoms with van der Waals surface area (Å²) in [6.45, 7) is 0.969. The van der Waals surface area contributed by atoms with Gasteiger partial charge in [0.1, 0.15) is 13.2 Å². The maximum absolute atomic E-state index is 12.5. The van der Waals surface area contributed by atoms with E-state index in [1.54, 1.807) is 66.7 Å². The molecule has 3 aromatic rings. The zero-order chi connectivity index (χ0) is 20.9. The van der Waals surface area contributed by atoms with E-state index in [1.165, 1.54) is 0 Å².